The van der Waals surface area contributed by atoms with Gasteiger partial charge in [0.25, 0.3) is 0 Å². The molecular weight excluding hydrogens is 229 g/mol. The first-order valence-electron chi connectivity index (χ1n) is 4.84. The predicted octanol–water partition coefficient (Wildman–Crippen LogP) is 0.830. The van der Waals surface area contributed by atoms with Crippen LogP contribution in [0.5, 0.6) is 0 Å². The third-order valence-electron chi connectivity index (χ3n) is 2.47. The first-order valence-corrected chi connectivity index (χ1v) is 4.84. The van der Waals surface area contributed by atoms with Crippen LogP contribution in [0.1, 0.15) is 16.8 Å². The fourth-order valence-electron chi connectivity index (χ4n) is 1.75. The number of carbonyl (C=O) groups excluding carboxylic acids is 2. The number of aromatic carboxylic acids is 1. The smallest absolute Gasteiger partial charge is 0.337 e. The monoisotopic (exact) mass is 237 g/mol. The zero-order valence-corrected chi connectivity index (χ0v) is 8.64. The summed E-state index contributed by atoms with van der Waals surface area (Å²) in [5.41, 5.74) is -0.663. The van der Waals surface area contributed by atoms with Gasteiger partial charge in [-0.25, -0.2) is 9.18 Å². The van der Waals surface area contributed by atoms with E-state index in [0.717, 1.165) is 11.0 Å². The Morgan fingerprint density at radius 1 is 1.35 bits per heavy atom. The van der Waals surface area contributed by atoms with Crippen molar-refractivity contribution < 1.29 is 23.9 Å². The van der Waals surface area contributed by atoms with Gasteiger partial charge in [0, 0.05) is 0 Å². The van der Waals surface area contributed by atoms with E-state index in [-0.39, 0.29) is 30.0 Å². The van der Waals surface area contributed by atoms with Crippen LogP contribution in [-0.4, -0.2) is 29.3 Å². The molecule has 5 nitrogen and oxygen atoms in total. The van der Waals surface area contributed by atoms with Crippen molar-refractivity contribution in [3.8, 4) is 0 Å². The molecule has 2 rings (SSSR count). The van der Waals surface area contributed by atoms with Crippen molar-refractivity contribution >= 4 is 23.3 Å². The highest BCUT2D eigenvalue weighted by Gasteiger charge is 2.33. The number of para-hydroxylation sites is 1. The van der Waals surface area contributed by atoms with Crippen LogP contribution >= 0.6 is 0 Å². The molecule has 1 aliphatic heterocycles. The number of carbonyl (C=O) groups is 3. The minimum absolute atomic E-state index is 0.278. The molecule has 1 aliphatic rings. The lowest BCUT2D eigenvalue weighted by molar-refractivity contribution is -0.121. The summed E-state index contributed by atoms with van der Waals surface area (Å²) in [6, 6.07) is 3.49. The van der Waals surface area contributed by atoms with Gasteiger partial charge < -0.3 is 10.0 Å². The maximum atomic E-state index is 13.6. The van der Waals surface area contributed by atoms with Crippen LogP contribution < -0.4 is 4.90 Å². The number of carboxylic acid groups (broad SMARTS) is 1. The molecule has 0 unspecified atom stereocenters. The number of rotatable bonds is 2. The van der Waals surface area contributed by atoms with Crippen molar-refractivity contribution in [2.45, 2.75) is 6.42 Å². The van der Waals surface area contributed by atoms with E-state index in [4.69, 9.17) is 5.11 Å². The third-order valence-corrected chi connectivity index (χ3v) is 2.47. The highest BCUT2D eigenvalue weighted by Crippen LogP contribution is 2.27. The van der Waals surface area contributed by atoms with Crippen LogP contribution in [0.2, 0.25) is 0 Å². The molecule has 0 aromatic heterocycles. The molecule has 1 aromatic rings. The number of halogens is 1. The number of nitrogens with zero attached hydrogens (tertiary/aromatic N) is 1. The SMILES string of the molecule is O=C1CC(=O)N(c2c(F)cccc2C(=O)O)C1. The first-order chi connectivity index (χ1) is 8.00. The predicted molar refractivity (Wildman–Crippen MR) is 55.3 cm³/mol. The molecule has 0 radical (unpaired) electrons. The summed E-state index contributed by atoms with van der Waals surface area (Å²) in [5.74, 6) is -3.10. The second-order valence-electron chi connectivity index (χ2n) is 3.64. The summed E-state index contributed by atoms with van der Waals surface area (Å²) < 4.78 is 13.6. The number of Topliss-reactive ketones (excluding diaryl/α,β-unsaturated/α-hetero) is 1. The lowest BCUT2D eigenvalue weighted by atomic mass is 10.1. The Hall–Kier alpha value is -2.24. The first kappa shape index (κ1) is 11.3. The third kappa shape index (κ3) is 1.89. The van der Waals surface area contributed by atoms with Gasteiger partial charge in [0.1, 0.15) is 5.82 Å². The van der Waals surface area contributed by atoms with E-state index in [1.807, 2.05) is 0 Å². The number of anilines is 1. The Labute approximate surface area is 95.5 Å². The zero-order valence-electron chi connectivity index (χ0n) is 8.64. The van der Waals surface area contributed by atoms with Crippen molar-refractivity contribution in [1.29, 1.82) is 0 Å². The molecule has 0 atom stereocenters. The highest BCUT2D eigenvalue weighted by molar-refractivity contribution is 6.16. The Balaban J connectivity index is 2.54. The summed E-state index contributed by atoms with van der Waals surface area (Å²) in [6.45, 7) is -0.278. The number of carboxylic acids is 1. The Morgan fingerprint density at radius 2 is 2.06 bits per heavy atom. The Kier molecular flexibility index (Phi) is 2.63. The van der Waals surface area contributed by atoms with Gasteiger partial charge in [0.2, 0.25) is 5.91 Å². The maximum Gasteiger partial charge on any atom is 0.337 e. The molecule has 1 N–H and O–H groups in total. The van der Waals surface area contributed by atoms with E-state index in [0.29, 0.717) is 0 Å². The van der Waals surface area contributed by atoms with Gasteiger partial charge in [-0.1, -0.05) is 6.07 Å². The normalized spacial score (nSPS) is 15.5. The molecule has 0 aliphatic carbocycles. The molecule has 0 spiro atoms. The fourth-order valence-corrected chi connectivity index (χ4v) is 1.75. The molecule has 1 heterocycles. The standard InChI is InChI=1S/C11H8FNO4/c12-8-3-1-2-7(11(16)17)10(8)13-5-6(14)4-9(13)15/h1-3H,4-5H2,(H,16,17). The van der Waals surface area contributed by atoms with Crippen LogP contribution in [0.15, 0.2) is 18.2 Å². The van der Waals surface area contributed by atoms with Gasteiger partial charge >= 0.3 is 5.97 Å². The molecule has 6 heteroatoms. The van der Waals surface area contributed by atoms with Crippen LogP contribution in [0, 0.1) is 5.82 Å². The highest BCUT2D eigenvalue weighted by atomic mass is 19.1. The summed E-state index contributed by atoms with van der Waals surface area (Å²) in [5, 5.41) is 8.91. The number of ketones is 1. The molecule has 0 bridgehead atoms. The number of benzene rings is 1. The van der Waals surface area contributed by atoms with E-state index < -0.39 is 17.7 Å². The van der Waals surface area contributed by atoms with Gasteiger partial charge in [0.05, 0.1) is 24.2 Å². The number of hydrogen-bond donors (Lipinski definition) is 1. The van der Waals surface area contributed by atoms with Crippen molar-refractivity contribution in [2.75, 3.05) is 11.4 Å². The summed E-state index contributed by atoms with van der Waals surface area (Å²) in [7, 11) is 0. The molecule has 88 valence electrons. The van der Waals surface area contributed by atoms with E-state index in [1.54, 1.807) is 0 Å². The van der Waals surface area contributed by atoms with E-state index in [9.17, 15) is 18.8 Å². The van der Waals surface area contributed by atoms with E-state index >= 15 is 0 Å². The topological polar surface area (TPSA) is 74.7 Å². The van der Waals surface area contributed by atoms with E-state index in [1.165, 1.54) is 12.1 Å². The van der Waals surface area contributed by atoms with Gasteiger partial charge in [-0.2, -0.15) is 0 Å². The van der Waals surface area contributed by atoms with Crippen molar-refractivity contribution in [2.24, 2.45) is 0 Å². The second-order valence-corrected chi connectivity index (χ2v) is 3.64. The quantitative estimate of drug-likeness (QED) is 0.773. The van der Waals surface area contributed by atoms with Gasteiger partial charge in [0.15, 0.2) is 5.78 Å². The van der Waals surface area contributed by atoms with E-state index in [2.05, 4.69) is 0 Å². The van der Waals surface area contributed by atoms with Crippen LogP contribution in [-0.2, 0) is 9.59 Å². The fraction of sp³-hybridized carbons (Fsp3) is 0.182. The Morgan fingerprint density at radius 3 is 2.59 bits per heavy atom. The lowest BCUT2D eigenvalue weighted by Gasteiger charge is -2.17. The molecule has 1 aromatic carbocycles. The number of amides is 1. The largest absolute Gasteiger partial charge is 0.478 e. The minimum atomic E-state index is -1.34. The van der Waals surface area contributed by atoms with Crippen LogP contribution in [0.3, 0.4) is 0 Å². The molecule has 1 fully saturated rings. The average molecular weight is 237 g/mol. The Bertz CT molecular complexity index is 526. The average Bonchev–Trinajstić information content (AvgIpc) is 2.57. The van der Waals surface area contributed by atoms with Crippen molar-refractivity contribution in [1.82, 2.24) is 0 Å². The van der Waals surface area contributed by atoms with Gasteiger partial charge in [-0.15, -0.1) is 0 Å². The molecular formula is C11H8FNO4. The van der Waals surface area contributed by atoms with Crippen molar-refractivity contribution in [3.05, 3.63) is 29.6 Å². The zero-order chi connectivity index (χ0) is 12.6. The minimum Gasteiger partial charge on any atom is -0.478 e. The lowest BCUT2D eigenvalue weighted by Crippen LogP contribution is -2.27. The second kappa shape index (κ2) is 3.97. The molecule has 0 saturated carbocycles. The van der Waals surface area contributed by atoms with Crippen LogP contribution in [0.25, 0.3) is 0 Å². The summed E-state index contributed by atoms with van der Waals surface area (Å²) in [4.78, 5) is 34.4. The summed E-state index contributed by atoms with van der Waals surface area (Å²) in [6.07, 6.45) is -0.312. The van der Waals surface area contributed by atoms with Gasteiger partial charge in [-0.3, -0.25) is 9.59 Å². The number of hydrogen-bond acceptors (Lipinski definition) is 3. The van der Waals surface area contributed by atoms with Crippen molar-refractivity contribution in [3.63, 3.8) is 0 Å². The molecule has 1 saturated heterocycles. The van der Waals surface area contributed by atoms with Crippen LogP contribution in [0.4, 0.5) is 10.1 Å². The molecule has 17 heavy (non-hydrogen) atoms. The summed E-state index contributed by atoms with van der Waals surface area (Å²) >= 11 is 0. The van der Waals surface area contributed by atoms with Gasteiger partial charge in [-0.05, 0) is 12.1 Å². The molecule has 1 amide bonds. The maximum absolute atomic E-state index is 13.6.